The molecule has 1 unspecified atom stereocenters. The molecule has 3 rings (SSSR count). The molecule has 1 atom stereocenters. The molecule has 0 aliphatic rings. The number of hydrogen-bond donors (Lipinski definition) is 1. The number of carbonyl (C=O) groups excluding carboxylic acids is 2. The van der Waals surface area contributed by atoms with E-state index in [2.05, 4.69) is 5.32 Å². The Hall–Kier alpha value is -3.43. The molecular formula is C31H37ClFN3O4S. The van der Waals surface area contributed by atoms with Crippen molar-refractivity contribution in [1.29, 1.82) is 0 Å². The number of amides is 2. The minimum absolute atomic E-state index is 0.000818. The van der Waals surface area contributed by atoms with Crippen LogP contribution in [0.15, 0.2) is 72.8 Å². The van der Waals surface area contributed by atoms with Gasteiger partial charge in [-0.3, -0.25) is 13.9 Å². The third-order valence-corrected chi connectivity index (χ3v) is 8.34. The lowest BCUT2D eigenvalue weighted by Crippen LogP contribution is -2.50. The topological polar surface area (TPSA) is 86.8 Å². The Balaban J connectivity index is 1.88. The first-order valence-electron chi connectivity index (χ1n) is 13.6. The highest BCUT2D eigenvalue weighted by Gasteiger charge is 2.30. The van der Waals surface area contributed by atoms with Crippen molar-refractivity contribution in [2.75, 3.05) is 23.7 Å². The maximum absolute atomic E-state index is 13.8. The highest BCUT2D eigenvalue weighted by atomic mass is 35.5. The van der Waals surface area contributed by atoms with Gasteiger partial charge in [-0.2, -0.15) is 0 Å². The number of anilines is 1. The lowest BCUT2D eigenvalue weighted by molar-refractivity contribution is -0.141. The third-order valence-electron chi connectivity index (χ3n) is 6.75. The molecule has 10 heteroatoms. The van der Waals surface area contributed by atoms with E-state index < -0.39 is 21.9 Å². The largest absolute Gasteiger partial charge is 0.354 e. The smallest absolute Gasteiger partial charge is 0.243 e. The van der Waals surface area contributed by atoms with E-state index >= 15 is 0 Å². The minimum atomic E-state index is -3.66. The molecule has 7 nitrogen and oxygen atoms in total. The van der Waals surface area contributed by atoms with Gasteiger partial charge in [-0.05, 0) is 60.7 Å². The van der Waals surface area contributed by atoms with Crippen molar-refractivity contribution in [2.45, 2.75) is 52.1 Å². The summed E-state index contributed by atoms with van der Waals surface area (Å²) in [6, 6.07) is 19.5. The lowest BCUT2D eigenvalue weighted by atomic mass is 10.0. The van der Waals surface area contributed by atoms with Gasteiger partial charge in [0.15, 0.2) is 0 Å². The van der Waals surface area contributed by atoms with Crippen molar-refractivity contribution in [3.63, 3.8) is 0 Å². The minimum Gasteiger partial charge on any atom is -0.354 e. The number of rotatable bonds is 14. The van der Waals surface area contributed by atoms with E-state index in [-0.39, 0.29) is 37.7 Å². The summed E-state index contributed by atoms with van der Waals surface area (Å²) in [5.74, 6) is -0.984. The van der Waals surface area contributed by atoms with Crippen LogP contribution in [0.4, 0.5) is 10.1 Å². The summed E-state index contributed by atoms with van der Waals surface area (Å²) in [5.41, 5.74) is 2.64. The first-order chi connectivity index (χ1) is 19.5. The lowest BCUT2D eigenvalue weighted by Gasteiger charge is -2.32. The molecule has 0 radical (unpaired) electrons. The van der Waals surface area contributed by atoms with Crippen LogP contribution in [0.1, 0.15) is 42.9 Å². The molecule has 0 aliphatic carbocycles. The van der Waals surface area contributed by atoms with Crippen LogP contribution in [0, 0.1) is 12.7 Å². The van der Waals surface area contributed by atoms with Crippen molar-refractivity contribution in [1.82, 2.24) is 10.2 Å². The van der Waals surface area contributed by atoms with Crippen LogP contribution in [0.3, 0.4) is 0 Å². The fourth-order valence-electron chi connectivity index (χ4n) is 4.56. The summed E-state index contributed by atoms with van der Waals surface area (Å²) < 4.78 is 40.2. The summed E-state index contributed by atoms with van der Waals surface area (Å²) in [6.45, 7) is 4.31. The molecule has 0 bridgehead atoms. The first-order valence-corrected chi connectivity index (χ1v) is 15.8. The Labute approximate surface area is 247 Å². The van der Waals surface area contributed by atoms with Crippen molar-refractivity contribution >= 4 is 39.1 Å². The fourth-order valence-corrected chi connectivity index (χ4v) is 5.74. The Bertz CT molecular complexity index is 1420. The van der Waals surface area contributed by atoms with Crippen molar-refractivity contribution in [3.8, 4) is 0 Å². The molecular weight excluding hydrogens is 565 g/mol. The van der Waals surface area contributed by atoms with E-state index in [0.29, 0.717) is 34.8 Å². The molecule has 3 aromatic carbocycles. The van der Waals surface area contributed by atoms with Gasteiger partial charge in [0.05, 0.1) is 11.9 Å². The monoisotopic (exact) mass is 601 g/mol. The number of nitrogens with zero attached hydrogens (tertiary/aromatic N) is 2. The van der Waals surface area contributed by atoms with E-state index in [0.717, 1.165) is 18.2 Å². The molecule has 0 saturated heterocycles. The summed E-state index contributed by atoms with van der Waals surface area (Å²) in [5, 5.41) is 3.36. The summed E-state index contributed by atoms with van der Waals surface area (Å²) in [7, 11) is -3.66. The van der Waals surface area contributed by atoms with Gasteiger partial charge in [0.1, 0.15) is 11.9 Å². The third kappa shape index (κ3) is 9.30. The van der Waals surface area contributed by atoms with Crippen molar-refractivity contribution in [2.24, 2.45) is 0 Å². The molecule has 0 aliphatic heterocycles. The van der Waals surface area contributed by atoms with Crippen LogP contribution in [0.5, 0.6) is 0 Å². The molecule has 0 spiro atoms. The van der Waals surface area contributed by atoms with Crippen LogP contribution < -0.4 is 9.62 Å². The van der Waals surface area contributed by atoms with Crippen LogP contribution in [-0.2, 0) is 32.6 Å². The van der Waals surface area contributed by atoms with Crippen LogP contribution in [-0.4, -0.2) is 50.5 Å². The predicted molar refractivity (Wildman–Crippen MR) is 162 cm³/mol. The molecule has 0 aromatic heterocycles. The normalized spacial score (nSPS) is 12.0. The van der Waals surface area contributed by atoms with Gasteiger partial charge in [-0.1, -0.05) is 67.1 Å². The van der Waals surface area contributed by atoms with E-state index in [1.807, 2.05) is 37.3 Å². The summed E-state index contributed by atoms with van der Waals surface area (Å²) in [6.07, 6.45) is 2.36. The number of carbonyl (C=O) groups is 2. The van der Waals surface area contributed by atoms with E-state index in [4.69, 9.17) is 11.6 Å². The summed E-state index contributed by atoms with van der Waals surface area (Å²) >= 11 is 6.24. The standard InChI is InChI=1S/C31H37ClFN3O4S/c1-4-19-34-31(38)29(21-24-10-6-5-7-11-24)35(22-25-15-17-26(33)18-16-25)30(37)14-9-20-36(41(3,39)40)28-13-8-12-27(32)23(28)2/h5-8,10-13,15-18,29H,4,9,14,19-22H2,1-3H3,(H,34,38). The van der Waals surface area contributed by atoms with Crippen LogP contribution in [0.25, 0.3) is 0 Å². The predicted octanol–water partition coefficient (Wildman–Crippen LogP) is 5.50. The SMILES string of the molecule is CCCNC(=O)C(Cc1ccccc1)N(Cc1ccc(F)cc1)C(=O)CCCN(c1cccc(Cl)c1C)S(C)(=O)=O. The second kappa shape index (κ2) is 15.0. The van der Waals surface area contributed by atoms with Crippen molar-refractivity contribution in [3.05, 3.63) is 100 Å². The van der Waals surface area contributed by atoms with E-state index in [1.54, 1.807) is 37.3 Å². The number of hydrogen-bond acceptors (Lipinski definition) is 4. The number of halogens is 2. The molecule has 0 heterocycles. The average Bonchev–Trinajstić information content (AvgIpc) is 2.94. The van der Waals surface area contributed by atoms with E-state index in [1.165, 1.54) is 21.3 Å². The number of nitrogens with one attached hydrogen (secondary N) is 1. The number of sulfonamides is 1. The zero-order chi connectivity index (χ0) is 30.0. The summed E-state index contributed by atoms with van der Waals surface area (Å²) in [4.78, 5) is 28.7. The Morgan fingerprint density at radius 1 is 0.976 bits per heavy atom. The van der Waals surface area contributed by atoms with Gasteiger partial charge in [0, 0.05) is 37.5 Å². The molecule has 41 heavy (non-hydrogen) atoms. The zero-order valence-corrected chi connectivity index (χ0v) is 25.2. The highest BCUT2D eigenvalue weighted by molar-refractivity contribution is 7.92. The molecule has 220 valence electrons. The molecule has 2 amide bonds. The van der Waals surface area contributed by atoms with Crippen molar-refractivity contribution < 1.29 is 22.4 Å². The van der Waals surface area contributed by atoms with E-state index in [9.17, 15) is 22.4 Å². The first kappa shape index (κ1) is 32.1. The molecule has 1 N–H and O–H groups in total. The zero-order valence-electron chi connectivity index (χ0n) is 23.6. The average molecular weight is 602 g/mol. The van der Waals surface area contributed by atoms with Crippen LogP contribution >= 0.6 is 11.6 Å². The second-order valence-corrected chi connectivity index (χ2v) is 12.3. The Kier molecular flexibility index (Phi) is 11.7. The van der Waals surface area contributed by atoms with Gasteiger partial charge in [0.2, 0.25) is 21.8 Å². The van der Waals surface area contributed by atoms with Gasteiger partial charge in [-0.15, -0.1) is 0 Å². The Morgan fingerprint density at radius 2 is 1.66 bits per heavy atom. The maximum atomic E-state index is 13.8. The maximum Gasteiger partial charge on any atom is 0.243 e. The Morgan fingerprint density at radius 3 is 2.29 bits per heavy atom. The fraction of sp³-hybridized carbons (Fsp3) is 0.355. The van der Waals surface area contributed by atoms with Crippen LogP contribution in [0.2, 0.25) is 5.02 Å². The van der Waals surface area contributed by atoms with Gasteiger partial charge >= 0.3 is 0 Å². The van der Waals surface area contributed by atoms with Gasteiger partial charge in [-0.25, -0.2) is 12.8 Å². The van der Waals surface area contributed by atoms with Gasteiger partial charge < -0.3 is 10.2 Å². The number of benzene rings is 3. The molecule has 0 fully saturated rings. The molecule has 0 saturated carbocycles. The second-order valence-electron chi connectivity index (χ2n) is 9.97. The quantitative estimate of drug-likeness (QED) is 0.264. The van der Waals surface area contributed by atoms with Gasteiger partial charge in [0.25, 0.3) is 0 Å². The highest BCUT2D eigenvalue weighted by Crippen LogP contribution is 2.28. The molecule has 3 aromatic rings.